The normalized spacial score (nSPS) is 12.3. The highest BCUT2D eigenvalue weighted by Gasteiger charge is 2.04. The molecule has 1 atom stereocenters. The number of hydrogen-bond donors (Lipinski definition) is 0. The highest BCUT2D eigenvalue weighted by molar-refractivity contribution is 5.83. The predicted octanol–water partition coefficient (Wildman–Crippen LogP) is 8.25. The molecular formula is C30H37NO2. The lowest BCUT2D eigenvalue weighted by Gasteiger charge is -2.12. The van der Waals surface area contributed by atoms with Gasteiger partial charge in [-0.3, -0.25) is 0 Å². The van der Waals surface area contributed by atoms with Crippen LogP contribution < -0.4 is 4.74 Å². The number of aromatic nitrogens is 1. The lowest BCUT2D eigenvalue weighted by atomic mass is 10.1. The third-order valence-electron chi connectivity index (χ3n) is 5.67. The largest absolute Gasteiger partial charge is 0.490 e. The summed E-state index contributed by atoms with van der Waals surface area (Å²) in [7, 11) is 0. The van der Waals surface area contributed by atoms with E-state index >= 15 is 0 Å². The van der Waals surface area contributed by atoms with Gasteiger partial charge in [-0.05, 0) is 80.6 Å². The molecule has 0 fully saturated rings. The molecule has 0 saturated carbocycles. The zero-order valence-corrected chi connectivity index (χ0v) is 20.1. The van der Waals surface area contributed by atoms with Gasteiger partial charge < -0.3 is 9.47 Å². The van der Waals surface area contributed by atoms with Gasteiger partial charge in [0.25, 0.3) is 0 Å². The second kappa shape index (κ2) is 13.6. The van der Waals surface area contributed by atoms with E-state index in [1.54, 1.807) is 6.08 Å². The summed E-state index contributed by atoms with van der Waals surface area (Å²) in [6.07, 6.45) is 13.6. The molecule has 1 heterocycles. The predicted molar refractivity (Wildman–Crippen MR) is 141 cm³/mol. The quantitative estimate of drug-likeness (QED) is 0.186. The van der Waals surface area contributed by atoms with Crippen molar-refractivity contribution in [3.8, 4) is 17.0 Å². The average molecular weight is 444 g/mol. The molecule has 1 aromatic heterocycles. The van der Waals surface area contributed by atoms with Gasteiger partial charge in [0.1, 0.15) is 12.4 Å². The molecule has 2 aromatic carbocycles. The van der Waals surface area contributed by atoms with E-state index in [1.165, 1.54) is 24.8 Å². The van der Waals surface area contributed by atoms with Crippen LogP contribution in [0.5, 0.6) is 5.75 Å². The Morgan fingerprint density at radius 2 is 1.85 bits per heavy atom. The topological polar surface area (TPSA) is 31.4 Å². The number of fused-ring (bicyclic) bond motifs is 1. The van der Waals surface area contributed by atoms with Crippen molar-refractivity contribution < 1.29 is 9.47 Å². The number of nitrogens with zero attached hydrogens (tertiary/aromatic N) is 1. The molecule has 0 saturated heterocycles. The maximum absolute atomic E-state index is 5.88. The Balaban J connectivity index is 1.51. The molecule has 3 rings (SSSR count). The minimum atomic E-state index is 0.354. The summed E-state index contributed by atoms with van der Waals surface area (Å²) < 4.78 is 11.4. The Morgan fingerprint density at radius 1 is 1.00 bits per heavy atom. The number of benzene rings is 2. The number of ether oxygens (including phenoxy) is 2. The summed E-state index contributed by atoms with van der Waals surface area (Å²) in [6, 6.07) is 18.7. The van der Waals surface area contributed by atoms with Crippen LogP contribution in [0.2, 0.25) is 0 Å². The summed E-state index contributed by atoms with van der Waals surface area (Å²) in [4.78, 5) is 4.85. The minimum Gasteiger partial charge on any atom is -0.490 e. The summed E-state index contributed by atoms with van der Waals surface area (Å²) in [5.41, 5.74) is 4.26. The molecule has 0 aliphatic carbocycles. The van der Waals surface area contributed by atoms with Crippen molar-refractivity contribution in [2.45, 2.75) is 58.5 Å². The summed E-state index contributed by atoms with van der Waals surface area (Å²) >= 11 is 0. The highest BCUT2D eigenvalue weighted by Crippen LogP contribution is 2.24. The van der Waals surface area contributed by atoms with Crippen LogP contribution in [0.25, 0.3) is 28.2 Å². The molecule has 0 aliphatic rings. The van der Waals surface area contributed by atoms with E-state index < -0.39 is 0 Å². The fraction of sp³-hybridized carbons (Fsp3) is 0.367. The Kier molecular flexibility index (Phi) is 10.2. The van der Waals surface area contributed by atoms with Gasteiger partial charge in [0, 0.05) is 17.6 Å². The molecule has 33 heavy (non-hydrogen) atoms. The van der Waals surface area contributed by atoms with Gasteiger partial charge >= 0.3 is 0 Å². The molecule has 3 aromatic rings. The molecule has 0 radical (unpaired) electrons. The Bertz CT molecular complexity index is 1020. The Hall–Kier alpha value is -2.91. The first-order valence-electron chi connectivity index (χ1n) is 12.2. The van der Waals surface area contributed by atoms with Crippen LogP contribution in [0.4, 0.5) is 0 Å². The first-order chi connectivity index (χ1) is 16.2. The maximum Gasteiger partial charge on any atom is 0.119 e. The van der Waals surface area contributed by atoms with Gasteiger partial charge in [-0.1, -0.05) is 56.7 Å². The summed E-state index contributed by atoms with van der Waals surface area (Å²) in [5.74, 6) is 0.838. The van der Waals surface area contributed by atoms with Gasteiger partial charge in [0.05, 0.1) is 17.3 Å². The second-order valence-electron chi connectivity index (χ2n) is 8.49. The first kappa shape index (κ1) is 24.7. The summed E-state index contributed by atoms with van der Waals surface area (Å²) in [6.45, 7) is 9.49. The van der Waals surface area contributed by atoms with Crippen LogP contribution in [-0.4, -0.2) is 24.3 Å². The van der Waals surface area contributed by atoms with Gasteiger partial charge in [-0.25, -0.2) is 4.98 Å². The number of rotatable bonds is 14. The van der Waals surface area contributed by atoms with E-state index in [2.05, 4.69) is 62.9 Å². The van der Waals surface area contributed by atoms with Crippen molar-refractivity contribution in [2.75, 3.05) is 13.2 Å². The number of allylic oxidation sites excluding steroid dienone is 1. The lowest BCUT2D eigenvalue weighted by molar-refractivity contribution is 0.0566. The monoisotopic (exact) mass is 443 g/mol. The van der Waals surface area contributed by atoms with E-state index in [-0.39, 0.29) is 0 Å². The van der Waals surface area contributed by atoms with E-state index in [9.17, 15) is 0 Å². The standard InChI is InChI=1S/C30H37NO2/c1-4-6-10-22-32-24(3)11-8-7-9-12-25-13-19-30-27(23-25)16-20-29(31-30)26-14-17-28(18-15-26)33-21-5-2/h5,9,12-20,23-24H,2,4,6-8,10-11,21-22H2,1,3H3/b12-9+. The van der Waals surface area contributed by atoms with Gasteiger partial charge in [-0.2, -0.15) is 0 Å². The van der Waals surface area contributed by atoms with Crippen LogP contribution in [0.1, 0.15) is 57.9 Å². The molecule has 0 bridgehead atoms. The zero-order valence-electron chi connectivity index (χ0n) is 20.1. The maximum atomic E-state index is 5.88. The van der Waals surface area contributed by atoms with Gasteiger partial charge in [0.15, 0.2) is 0 Å². The van der Waals surface area contributed by atoms with Gasteiger partial charge in [-0.15, -0.1) is 0 Å². The van der Waals surface area contributed by atoms with Crippen LogP contribution in [0.3, 0.4) is 0 Å². The second-order valence-corrected chi connectivity index (χ2v) is 8.49. The SMILES string of the molecule is C=CCOc1ccc(-c2ccc3cc(/C=C/CCCC(C)OCCCCC)ccc3n2)cc1. The third-order valence-corrected chi connectivity index (χ3v) is 5.67. The fourth-order valence-electron chi connectivity index (χ4n) is 3.75. The molecule has 3 heteroatoms. The van der Waals surface area contributed by atoms with E-state index in [0.29, 0.717) is 12.7 Å². The third kappa shape index (κ3) is 8.18. The fourth-order valence-corrected chi connectivity index (χ4v) is 3.75. The average Bonchev–Trinajstić information content (AvgIpc) is 2.85. The Labute approximate surface area is 199 Å². The molecule has 0 aliphatic heterocycles. The molecule has 0 N–H and O–H groups in total. The van der Waals surface area contributed by atoms with Crippen molar-refractivity contribution in [3.05, 3.63) is 78.9 Å². The Morgan fingerprint density at radius 3 is 2.64 bits per heavy atom. The van der Waals surface area contributed by atoms with Crippen molar-refractivity contribution in [2.24, 2.45) is 0 Å². The van der Waals surface area contributed by atoms with Crippen LogP contribution in [-0.2, 0) is 4.74 Å². The van der Waals surface area contributed by atoms with Crippen molar-refractivity contribution in [3.63, 3.8) is 0 Å². The molecule has 3 nitrogen and oxygen atoms in total. The van der Waals surface area contributed by atoms with Gasteiger partial charge in [0.2, 0.25) is 0 Å². The van der Waals surface area contributed by atoms with E-state index in [4.69, 9.17) is 14.5 Å². The number of hydrogen-bond acceptors (Lipinski definition) is 3. The minimum absolute atomic E-state index is 0.354. The molecule has 1 unspecified atom stereocenters. The van der Waals surface area contributed by atoms with Crippen LogP contribution in [0.15, 0.2) is 73.3 Å². The summed E-state index contributed by atoms with van der Waals surface area (Å²) in [5, 5.41) is 1.15. The van der Waals surface area contributed by atoms with Crippen molar-refractivity contribution in [1.29, 1.82) is 0 Å². The van der Waals surface area contributed by atoms with Crippen LogP contribution in [0, 0.1) is 0 Å². The number of unbranched alkanes of at least 4 members (excludes halogenated alkanes) is 3. The van der Waals surface area contributed by atoms with E-state index in [1.807, 2.05) is 24.3 Å². The highest BCUT2D eigenvalue weighted by atomic mass is 16.5. The molecule has 0 amide bonds. The molecular weight excluding hydrogens is 406 g/mol. The number of pyridine rings is 1. The van der Waals surface area contributed by atoms with E-state index in [0.717, 1.165) is 53.8 Å². The van der Waals surface area contributed by atoms with Crippen molar-refractivity contribution in [1.82, 2.24) is 4.98 Å². The smallest absolute Gasteiger partial charge is 0.119 e. The first-order valence-corrected chi connectivity index (χ1v) is 12.2. The van der Waals surface area contributed by atoms with Crippen molar-refractivity contribution >= 4 is 17.0 Å². The molecule has 174 valence electrons. The lowest BCUT2D eigenvalue weighted by Crippen LogP contribution is -2.08. The van der Waals surface area contributed by atoms with Crippen LogP contribution >= 0.6 is 0 Å². The molecule has 0 spiro atoms. The zero-order chi connectivity index (χ0) is 23.3.